The number of amides is 3. The molecule has 1 aliphatic heterocycles. The number of hydrogen-bond acceptors (Lipinski definition) is 4. The first-order valence-electron chi connectivity index (χ1n) is 7.21. The van der Waals surface area contributed by atoms with Crippen molar-refractivity contribution in [2.24, 2.45) is 0 Å². The Balaban J connectivity index is 1.83. The van der Waals surface area contributed by atoms with Crippen molar-refractivity contribution >= 4 is 29.5 Å². The maximum atomic E-state index is 12.1. The molecule has 1 heterocycles. The molecule has 0 aromatic heterocycles. The molecule has 0 aliphatic carbocycles. The molecule has 2 rings (SSSR count). The van der Waals surface area contributed by atoms with Gasteiger partial charge in [-0.3, -0.25) is 19.3 Å². The van der Waals surface area contributed by atoms with Crippen LogP contribution in [0.25, 0.3) is 0 Å². The molecule has 0 bridgehead atoms. The minimum Gasteiger partial charge on any atom is -0.341 e. The maximum Gasteiger partial charge on any atom is 0.229 e. The van der Waals surface area contributed by atoms with Crippen molar-refractivity contribution in [1.82, 2.24) is 9.80 Å². The molecule has 1 aromatic carbocycles. The van der Waals surface area contributed by atoms with Gasteiger partial charge < -0.3 is 4.90 Å². The second kappa shape index (κ2) is 7.45. The highest BCUT2D eigenvalue weighted by atomic mass is 32.2. The first-order valence-corrected chi connectivity index (χ1v) is 8.44. The van der Waals surface area contributed by atoms with Crippen LogP contribution in [0.5, 0.6) is 0 Å². The van der Waals surface area contributed by atoms with Crippen molar-refractivity contribution in [2.75, 3.05) is 19.8 Å². The van der Waals surface area contributed by atoms with E-state index in [1.165, 1.54) is 9.80 Å². The highest BCUT2D eigenvalue weighted by Crippen LogP contribution is 2.16. The van der Waals surface area contributed by atoms with Gasteiger partial charge in [0.1, 0.15) is 0 Å². The molecule has 0 saturated carbocycles. The van der Waals surface area contributed by atoms with Crippen LogP contribution in [0.2, 0.25) is 0 Å². The fourth-order valence-electron chi connectivity index (χ4n) is 2.36. The summed E-state index contributed by atoms with van der Waals surface area (Å²) >= 11 is 1.68. The number of hydrogen-bond donors (Lipinski definition) is 0. The van der Waals surface area contributed by atoms with Crippen molar-refractivity contribution in [3.05, 3.63) is 29.8 Å². The van der Waals surface area contributed by atoms with E-state index in [2.05, 4.69) is 0 Å². The van der Waals surface area contributed by atoms with Crippen molar-refractivity contribution in [3.8, 4) is 0 Å². The third kappa shape index (κ3) is 4.10. The highest BCUT2D eigenvalue weighted by Gasteiger charge is 2.29. The predicted octanol–water partition coefficient (Wildman–Crippen LogP) is 1.91. The van der Waals surface area contributed by atoms with Crippen LogP contribution in [0.15, 0.2) is 29.2 Å². The summed E-state index contributed by atoms with van der Waals surface area (Å²) in [4.78, 5) is 39.1. The molecule has 6 heteroatoms. The molecule has 0 radical (unpaired) electrons. The Morgan fingerprint density at radius 2 is 1.77 bits per heavy atom. The van der Waals surface area contributed by atoms with Gasteiger partial charge in [0.05, 0.1) is 0 Å². The largest absolute Gasteiger partial charge is 0.341 e. The van der Waals surface area contributed by atoms with Gasteiger partial charge in [-0.2, -0.15) is 0 Å². The first-order chi connectivity index (χ1) is 10.5. The molecular weight excluding hydrogens is 300 g/mol. The zero-order valence-corrected chi connectivity index (χ0v) is 13.7. The number of carbonyl (C=O) groups excluding carboxylic acids is 3. The predicted molar refractivity (Wildman–Crippen MR) is 85.3 cm³/mol. The number of thioether (sulfide) groups is 1. The van der Waals surface area contributed by atoms with E-state index < -0.39 is 0 Å². The number of benzene rings is 1. The smallest absolute Gasteiger partial charge is 0.229 e. The van der Waals surface area contributed by atoms with Gasteiger partial charge in [0.25, 0.3) is 0 Å². The fraction of sp³-hybridized carbons (Fsp3) is 0.438. The van der Waals surface area contributed by atoms with Crippen LogP contribution in [-0.4, -0.2) is 47.4 Å². The molecule has 1 saturated heterocycles. The summed E-state index contributed by atoms with van der Waals surface area (Å²) in [5, 5.41) is 0. The summed E-state index contributed by atoms with van der Waals surface area (Å²) in [6, 6.07) is 8.06. The van der Waals surface area contributed by atoms with Gasteiger partial charge in [0.2, 0.25) is 17.7 Å². The van der Waals surface area contributed by atoms with Gasteiger partial charge >= 0.3 is 0 Å². The van der Waals surface area contributed by atoms with Crippen molar-refractivity contribution in [1.29, 1.82) is 0 Å². The lowest BCUT2D eigenvalue weighted by atomic mass is 10.2. The quantitative estimate of drug-likeness (QED) is 0.593. The summed E-state index contributed by atoms with van der Waals surface area (Å²) in [5.41, 5.74) is 1.06. The van der Waals surface area contributed by atoms with E-state index in [0.29, 0.717) is 6.54 Å². The van der Waals surface area contributed by atoms with E-state index in [-0.39, 0.29) is 43.5 Å². The van der Waals surface area contributed by atoms with Crippen LogP contribution in [0.3, 0.4) is 0 Å². The maximum absolute atomic E-state index is 12.1. The third-order valence-corrected chi connectivity index (χ3v) is 4.45. The molecule has 1 aliphatic rings. The number of imide groups is 1. The zero-order valence-electron chi connectivity index (χ0n) is 12.9. The minimum absolute atomic E-state index is 0.0681. The fourth-order valence-corrected chi connectivity index (χ4v) is 2.77. The molecule has 0 atom stereocenters. The molecule has 1 aromatic rings. The second-order valence-corrected chi connectivity index (χ2v) is 6.17. The van der Waals surface area contributed by atoms with Crippen LogP contribution in [-0.2, 0) is 20.9 Å². The minimum atomic E-state index is -0.173. The summed E-state index contributed by atoms with van der Waals surface area (Å²) in [5.74, 6) is -0.414. The van der Waals surface area contributed by atoms with Crippen LogP contribution in [0, 0.1) is 0 Å². The van der Waals surface area contributed by atoms with E-state index in [0.717, 1.165) is 5.56 Å². The number of likely N-dealkylation sites (tertiary alicyclic amines) is 1. The first kappa shape index (κ1) is 16.5. The lowest BCUT2D eigenvalue weighted by Crippen LogP contribution is -2.34. The van der Waals surface area contributed by atoms with Crippen LogP contribution in [0.4, 0.5) is 0 Å². The van der Waals surface area contributed by atoms with E-state index in [4.69, 9.17) is 0 Å². The summed E-state index contributed by atoms with van der Waals surface area (Å²) in [6.45, 7) is 0.710. The lowest BCUT2D eigenvalue weighted by Gasteiger charge is -2.19. The summed E-state index contributed by atoms with van der Waals surface area (Å²) in [6.07, 6.45) is 2.73. The Labute approximate surface area is 134 Å². The zero-order chi connectivity index (χ0) is 16.1. The van der Waals surface area contributed by atoms with Crippen molar-refractivity contribution < 1.29 is 14.4 Å². The normalized spacial score (nSPS) is 14.5. The van der Waals surface area contributed by atoms with Gasteiger partial charge in [0.15, 0.2) is 0 Å². The summed E-state index contributed by atoms with van der Waals surface area (Å²) < 4.78 is 0. The Morgan fingerprint density at radius 3 is 2.32 bits per heavy atom. The van der Waals surface area contributed by atoms with Crippen molar-refractivity contribution in [2.45, 2.75) is 30.7 Å². The molecule has 118 valence electrons. The number of nitrogens with zero attached hydrogens (tertiary/aromatic N) is 2. The van der Waals surface area contributed by atoms with E-state index >= 15 is 0 Å². The van der Waals surface area contributed by atoms with Crippen LogP contribution in [0.1, 0.15) is 24.8 Å². The van der Waals surface area contributed by atoms with Crippen LogP contribution >= 0.6 is 11.8 Å². The topological polar surface area (TPSA) is 57.7 Å². The molecule has 3 amide bonds. The molecule has 22 heavy (non-hydrogen) atoms. The number of rotatable bonds is 6. The summed E-state index contributed by atoms with van der Waals surface area (Å²) in [7, 11) is 1.73. The van der Waals surface area contributed by atoms with Gasteiger partial charge in [-0.05, 0) is 24.0 Å². The average Bonchev–Trinajstić information content (AvgIpc) is 2.84. The molecular formula is C16H20N2O3S. The van der Waals surface area contributed by atoms with Gasteiger partial charge in [-0.15, -0.1) is 11.8 Å². The van der Waals surface area contributed by atoms with Gasteiger partial charge in [-0.1, -0.05) is 12.1 Å². The molecule has 0 spiro atoms. The van der Waals surface area contributed by atoms with E-state index in [1.54, 1.807) is 23.7 Å². The second-order valence-electron chi connectivity index (χ2n) is 5.29. The standard InChI is InChI=1S/C16H20N2O3S/c1-17(11-12-3-5-13(22-2)6-4-12)14(19)9-10-18-15(20)7-8-16(18)21/h3-6H,7-11H2,1-2H3. The number of carbonyl (C=O) groups is 3. The Hall–Kier alpha value is -1.82. The Morgan fingerprint density at radius 1 is 1.18 bits per heavy atom. The SMILES string of the molecule is CSc1ccc(CN(C)C(=O)CCN2C(=O)CCC2=O)cc1. The van der Waals surface area contributed by atoms with Gasteiger partial charge in [-0.25, -0.2) is 0 Å². The Kier molecular flexibility index (Phi) is 5.60. The Bertz CT molecular complexity index is 555. The van der Waals surface area contributed by atoms with Gasteiger partial charge in [0, 0.05) is 44.3 Å². The highest BCUT2D eigenvalue weighted by molar-refractivity contribution is 7.98. The lowest BCUT2D eigenvalue weighted by molar-refractivity contribution is -0.139. The van der Waals surface area contributed by atoms with Crippen LogP contribution < -0.4 is 0 Å². The van der Waals surface area contributed by atoms with Crippen molar-refractivity contribution in [3.63, 3.8) is 0 Å². The molecule has 0 N–H and O–H groups in total. The molecule has 0 unspecified atom stereocenters. The van der Waals surface area contributed by atoms with E-state index in [1.807, 2.05) is 30.5 Å². The molecule has 5 nitrogen and oxygen atoms in total. The van der Waals surface area contributed by atoms with E-state index in [9.17, 15) is 14.4 Å². The monoisotopic (exact) mass is 320 g/mol. The third-order valence-electron chi connectivity index (χ3n) is 3.71. The average molecular weight is 320 g/mol. The molecule has 1 fully saturated rings.